The second-order valence-corrected chi connectivity index (χ2v) is 5.34. The van der Waals surface area contributed by atoms with Crippen molar-refractivity contribution in [2.75, 3.05) is 5.73 Å². The van der Waals surface area contributed by atoms with E-state index >= 15 is 0 Å². The molecule has 1 aromatic heterocycles. The molecule has 0 bridgehead atoms. The molecule has 2 aromatic rings. The highest BCUT2D eigenvalue weighted by Crippen LogP contribution is 2.33. The maximum Gasteiger partial charge on any atom is 0.143 e. The van der Waals surface area contributed by atoms with Crippen molar-refractivity contribution in [1.82, 2.24) is 4.98 Å². The summed E-state index contributed by atoms with van der Waals surface area (Å²) < 4.78 is 0. The fourth-order valence-corrected chi connectivity index (χ4v) is 2.87. The van der Waals surface area contributed by atoms with Crippen molar-refractivity contribution in [3.63, 3.8) is 0 Å². The zero-order chi connectivity index (χ0) is 12.7. The van der Waals surface area contributed by atoms with Crippen LogP contribution in [0.25, 0.3) is 11.3 Å². The van der Waals surface area contributed by atoms with Crippen LogP contribution in [-0.4, -0.2) is 4.98 Å². The van der Waals surface area contributed by atoms with E-state index in [1.165, 1.54) is 24.0 Å². The topological polar surface area (TPSA) is 38.9 Å². The fourth-order valence-electron chi connectivity index (χ4n) is 2.40. The summed E-state index contributed by atoms with van der Waals surface area (Å²) >= 11 is 12.1. The summed E-state index contributed by atoms with van der Waals surface area (Å²) in [7, 11) is 0. The molecule has 18 heavy (non-hydrogen) atoms. The van der Waals surface area contributed by atoms with Gasteiger partial charge in [0.1, 0.15) is 5.82 Å². The van der Waals surface area contributed by atoms with Crippen LogP contribution < -0.4 is 5.73 Å². The van der Waals surface area contributed by atoms with Gasteiger partial charge in [0.25, 0.3) is 0 Å². The van der Waals surface area contributed by atoms with E-state index in [0.29, 0.717) is 21.6 Å². The summed E-state index contributed by atoms with van der Waals surface area (Å²) in [5, 5.41) is 0.928. The molecule has 3 rings (SSSR count). The van der Waals surface area contributed by atoms with Crippen LogP contribution in [0, 0.1) is 0 Å². The van der Waals surface area contributed by atoms with Crippen LogP contribution in [0.15, 0.2) is 24.3 Å². The molecule has 0 spiro atoms. The van der Waals surface area contributed by atoms with Gasteiger partial charge in [0.05, 0.1) is 15.7 Å². The van der Waals surface area contributed by atoms with Gasteiger partial charge in [0, 0.05) is 5.56 Å². The number of rotatable bonds is 1. The summed E-state index contributed by atoms with van der Waals surface area (Å²) in [5.74, 6) is 0.316. The SMILES string of the molecule is Nc1nc(-c2ccc3c(c2)CCC3)c(Cl)cc1Cl. The van der Waals surface area contributed by atoms with Gasteiger partial charge in [-0.2, -0.15) is 0 Å². The molecule has 0 fully saturated rings. The van der Waals surface area contributed by atoms with Crippen LogP contribution in [0.2, 0.25) is 10.0 Å². The number of fused-ring (bicyclic) bond motifs is 1. The van der Waals surface area contributed by atoms with E-state index in [-0.39, 0.29) is 0 Å². The lowest BCUT2D eigenvalue weighted by atomic mass is 10.0. The number of hydrogen-bond acceptors (Lipinski definition) is 2. The van der Waals surface area contributed by atoms with Crippen LogP contribution in [0.3, 0.4) is 0 Å². The Morgan fingerprint density at radius 1 is 1.00 bits per heavy atom. The first-order chi connectivity index (χ1) is 8.65. The Balaban J connectivity index is 2.12. The van der Waals surface area contributed by atoms with Gasteiger partial charge in [0.2, 0.25) is 0 Å². The molecular formula is C14H12Cl2N2. The highest BCUT2D eigenvalue weighted by molar-refractivity contribution is 6.37. The number of anilines is 1. The second-order valence-electron chi connectivity index (χ2n) is 4.52. The molecule has 1 aromatic carbocycles. The van der Waals surface area contributed by atoms with Gasteiger partial charge in [-0.15, -0.1) is 0 Å². The molecular weight excluding hydrogens is 267 g/mol. The van der Waals surface area contributed by atoms with Crippen LogP contribution >= 0.6 is 23.2 Å². The Kier molecular flexibility index (Phi) is 2.92. The largest absolute Gasteiger partial charge is 0.382 e. The fraction of sp³-hybridized carbons (Fsp3) is 0.214. The van der Waals surface area contributed by atoms with Crippen molar-refractivity contribution in [2.24, 2.45) is 0 Å². The van der Waals surface area contributed by atoms with Gasteiger partial charge in [-0.3, -0.25) is 0 Å². The van der Waals surface area contributed by atoms with E-state index in [9.17, 15) is 0 Å². The number of benzene rings is 1. The maximum absolute atomic E-state index is 6.18. The van der Waals surface area contributed by atoms with E-state index in [4.69, 9.17) is 28.9 Å². The van der Waals surface area contributed by atoms with Gasteiger partial charge < -0.3 is 5.73 Å². The zero-order valence-electron chi connectivity index (χ0n) is 9.71. The summed E-state index contributed by atoms with van der Waals surface area (Å²) in [5.41, 5.74) is 10.3. The normalized spacial score (nSPS) is 13.7. The lowest BCUT2D eigenvalue weighted by Gasteiger charge is -2.08. The molecule has 1 aliphatic rings. The van der Waals surface area contributed by atoms with Gasteiger partial charge >= 0.3 is 0 Å². The molecule has 1 aliphatic carbocycles. The molecule has 4 heteroatoms. The van der Waals surface area contributed by atoms with Gasteiger partial charge in [-0.25, -0.2) is 4.98 Å². The van der Waals surface area contributed by atoms with Crippen molar-refractivity contribution in [2.45, 2.75) is 19.3 Å². The number of halogens is 2. The standard InChI is InChI=1S/C14H12Cl2N2/c15-11-7-12(16)14(17)18-13(11)10-5-4-8-2-1-3-9(8)6-10/h4-7H,1-3H2,(H2,17,18). The number of aromatic nitrogens is 1. The third-order valence-electron chi connectivity index (χ3n) is 3.33. The number of pyridine rings is 1. The number of aryl methyl sites for hydroxylation is 2. The summed E-state index contributed by atoms with van der Waals surface area (Å²) in [6.07, 6.45) is 3.52. The number of hydrogen-bond donors (Lipinski definition) is 1. The zero-order valence-corrected chi connectivity index (χ0v) is 11.2. The monoisotopic (exact) mass is 278 g/mol. The molecule has 0 aliphatic heterocycles. The Hall–Kier alpha value is -1.25. The van der Waals surface area contributed by atoms with Crippen LogP contribution in [0.1, 0.15) is 17.5 Å². The Morgan fingerprint density at radius 3 is 2.61 bits per heavy atom. The molecule has 0 saturated heterocycles. The summed E-state index contributed by atoms with van der Waals surface area (Å²) in [6.45, 7) is 0. The van der Waals surface area contributed by atoms with E-state index in [2.05, 4.69) is 17.1 Å². The van der Waals surface area contributed by atoms with Gasteiger partial charge in [0.15, 0.2) is 0 Å². The Morgan fingerprint density at radius 2 is 1.78 bits per heavy atom. The van der Waals surface area contributed by atoms with Crippen molar-refractivity contribution in [3.05, 3.63) is 45.4 Å². The number of nitrogens with zero attached hydrogens (tertiary/aromatic N) is 1. The Bertz CT molecular complexity index is 623. The van der Waals surface area contributed by atoms with E-state index in [1.54, 1.807) is 6.07 Å². The first-order valence-electron chi connectivity index (χ1n) is 5.89. The van der Waals surface area contributed by atoms with E-state index in [1.807, 2.05) is 6.07 Å². The third kappa shape index (κ3) is 1.96. The minimum Gasteiger partial charge on any atom is -0.382 e. The third-order valence-corrected chi connectivity index (χ3v) is 3.92. The highest BCUT2D eigenvalue weighted by atomic mass is 35.5. The predicted octanol–water partition coefficient (Wildman–Crippen LogP) is 4.13. The molecule has 92 valence electrons. The van der Waals surface area contributed by atoms with E-state index < -0.39 is 0 Å². The maximum atomic E-state index is 6.18. The average molecular weight is 279 g/mol. The van der Waals surface area contributed by atoms with Gasteiger partial charge in [-0.1, -0.05) is 35.3 Å². The molecule has 0 unspecified atom stereocenters. The first kappa shape index (κ1) is 11.8. The molecule has 2 nitrogen and oxygen atoms in total. The second kappa shape index (κ2) is 4.45. The van der Waals surface area contributed by atoms with Crippen molar-refractivity contribution >= 4 is 29.0 Å². The van der Waals surface area contributed by atoms with Crippen LogP contribution in [-0.2, 0) is 12.8 Å². The lowest BCUT2D eigenvalue weighted by Crippen LogP contribution is -1.95. The van der Waals surface area contributed by atoms with Crippen molar-refractivity contribution < 1.29 is 0 Å². The van der Waals surface area contributed by atoms with E-state index in [0.717, 1.165) is 12.0 Å². The highest BCUT2D eigenvalue weighted by Gasteiger charge is 2.14. The minimum absolute atomic E-state index is 0.316. The first-order valence-corrected chi connectivity index (χ1v) is 6.64. The lowest BCUT2D eigenvalue weighted by molar-refractivity contribution is 0.912. The number of nitrogens with two attached hydrogens (primary N) is 1. The minimum atomic E-state index is 0.316. The quantitative estimate of drug-likeness (QED) is 0.852. The summed E-state index contributed by atoms with van der Waals surface area (Å²) in [4.78, 5) is 4.28. The van der Waals surface area contributed by atoms with Crippen molar-refractivity contribution in [3.8, 4) is 11.3 Å². The van der Waals surface area contributed by atoms with Gasteiger partial charge in [-0.05, 0) is 42.5 Å². The smallest absolute Gasteiger partial charge is 0.143 e. The molecule has 0 amide bonds. The molecule has 2 N–H and O–H groups in total. The molecule has 1 heterocycles. The Labute approximate surface area is 116 Å². The molecule has 0 radical (unpaired) electrons. The van der Waals surface area contributed by atoms with Crippen LogP contribution in [0.5, 0.6) is 0 Å². The molecule has 0 atom stereocenters. The van der Waals surface area contributed by atoms with Crippen molar-refractivity contribution in [1.29, 1.82) is 0 Å². The molecule has 0 saturated carbocycles. The number of nitrogen functional groups attached to an aromatic ring is 1. The summed E-state index contributed by atoms with van der Waals surface area (Å²) in [6, 6.07) is 8.00. The predicted molar refractivity (Wildman–Crippen MR) is 76.1 cm³/mol. The average Bonchev–Trinajstić information content (AvgIpc) is 2.80. The van der Waals surface area contributed by atoms with Crippen LogP contribution in [0.4, 0.5) is 5.82 Å².